The van der Waals surface area contributed by atoms with Crippen LogP contribution in [0.3, 0.4) is 0 Å². The number of amides is 3. The molecule has 44 heavy (non-hydrogen) atoms. The summed E-state index contributed by atoms with van der Waals surface area (Å²) in [7, 11) is 1.31. The quantitative estimate of drug-likeness (QED) is 0.233. The summed E-state index contributed by atoms with van der Waals surface area (Å²) < 4.78 is 3.86. The molecular formula is C33H65N5O5S. The first-order chi connectivity index (χ1) is 21.2. The fraction of sp³-hybridized carbons (Fsp3) is 0.758. The first-order valence-corrected chi connectivity index (χ1v) is 17.2. The Balaban J connectivity index is -0.000000424. The van der Waals surface area contributed by atoms with E-state index in [4.69, 9.17) is 4.79 Å². The maximum atomic E-state index is 12.9. The number of aromatic nitrogens is 2. The molecule has 258 valence electrons. The van der Waals surface area contributed by atoms with Crippen LogP contribution in [0, 0.1) is 11.8 Å². The van der Waals surface area contributed by atoms with Crippen molar-refractivity contribution in [1.82, 2.24) is 25.5 Å². The third-order valence-electron chi connectivity index (χ3n) is 5.87. The Kier molecular flexibility index (Phi) is 38.1. The van der Waals surface area contributed by atoms with E-state index < -0.39 is 11.9 Å². The van der Waals surface area contributed by atoms with Crippen molar-refractivity contribution >= 4 is 36.8 Å². The topological polar surface area (TPSA) is 131 Å². The van der Waals surface area contributed by atoms with Gasteiger partial charge in [0.05, 0.1) is 19.9 Å². The molecule has 1 saturated carbocycles. The molecule has 3 amide bonds. The van der Waals surface area contributed by atoms with E-state index in [-0.39, 0.29) is 36.0 Å². The van der Waals surface area contributed by atoms with Crippen LogP contribution in [0.1, 0.15) is 125 Å². The van der Waals surface area contributed by atoms with Crippen LogP contribution in [0.15, 0.2) is 18.6 Å². The van der Waals surface area contributed by atoms with Crippen LogP contribution in [0.4, 0.5) is 0 Å². The molecule has 10 nitrogen and oxygen atoms in total. The van der Waals surface area contributed by atoms with E-state index in [2.05, 4.69) is 58.7 Å². The third kappa shape index (κ3) is 23.7. The molecule has 3 rings (SSSR count). The Labute approximate surface area is 274 Å². The highest BCUT2D eigenvalue weighted by Gasteiger charge is 2.32. The van der Waals surface area contributed by atoms with Crippen molar-refractivity contribution in [3.63, 3.8) is 0 Å². The number of thiol groups is 1. The lowest BCUT2D eigenvalue weighted by Crippen LogP contribution is -2.53. The maximum Gasteiger partial charge on any atom is 0.292 e. The number of ether oxygens (including phenoxy) is 1. The molecule has 1 aromatic heterocycles. The number of nitrogens with one attached hydrogen (secondary N) is 2. The van der Waals surface area contributed by atoms with Crippen molar-refractivity contribution in [2.75, 3.05) is 26.5 Å². The molecule has 1 saturated heterocycles. The smallest absolute Gasteiger partial charge is 0.292 e. The molecule has 1 aliphatic carbocycles. The van der Waals surface area contributed by atoms with Gasteiger partial charge in [-0.05, 0) is 50.7 Å². The second-order valence-electron chi connectivity index (χ2n) is 9.80. The number of hydrogen-bond acceptors (Lipinski definition) is 8. The molecule has 0 radical (unpaired) electrons. The molecule has 2 aliphatic rings. The lowest BCUT2D eigenvalue weighted by molar-refractivity contribution is -0.134. The van der Waals surface area contributed by atoms with Crippen molar-refractivity contribution in [3.05, 3.63) is 24.3 Å². The minimum Gasteiger partial charge on any atom is -0.471 e. The van der Waals surface area contributed by atoms with Gasteiger partial charge in [0.2, 0.25) is 11.8 Å². The normalized spacial score (nSPS) is 15.3. The molecule has 11 heteroatoms. The molecule has 1 aromatic rings. The van der Waals surface area contributed by atoms with E-state index in [1.54, 1.807) is 6.26 Å². The van der Waals surface area contributed by atoms with Crippen molar-refractivity contribution in [3.8, 4) is 0 Å². The van der Waals surface area contributed by atoms with Gasteiger partial charge in [0.15, 0.2) is 0 Å². The zero-order valence-corrected chi connectivity index (χ0v) is 30.7. The van der Waals surface area contributed by atoms with E-state index in [1.807, 2.05) is 53.4 Å². The van der Waals surface area contributed by atoms with Crippen LogP contribution >= 0.6 is 12.6 Å². The van der Waals surface area contributed by atoms with Crippen LogP contribution in [0.5, 0.6) is 0 Å². The van der Waals surface area contributed by atoms with Gasteiger partial charge in [0.25, 0.3) is 12.4 Å². The van der Waals surface area contributed by atoms with E-state index >= 15 is 0 Å². The van der Waals surface area contributed by atoms with E-state index in [0.717, 1.165) is 57.4 Å². The molecule has 2 atom stereocenters. The number of carbonyl (C=O) groups is 4. The van der Waals surface area contributed by atoms with E-state index in [9.17, 15) is 14.4 Å². The number of nitrogens with zero attached hydrogens (tertiary/aromatic N) is 3. The van der Waals surface area contributed by atoms with Crippen molar-refractivity contribution in [2.24, 2.45) is 11.8 Å². The first kappa shape index (κ1) is 48.2. The van der Waals surface area contributed by atoms with Gasteiger partial charge in [-0.15, -0.1) is 0 Å². The summed E-state index contributed by atoms with van der Waals surface area (Å²) >= 11 is 3.53. The van der Waals surface area contributed by atoms with Gasteiger partial charge in [-0.25, -0.2) is 4.98 Å². The monoisotopic (exact) mass is 643 g/mol. The minimum absolute atomic E-state index is 0.0343. The Morgan fingerprint density at radius 3 is 1.91 bits per heavy atom. The Bertz CT molecular complexity index is 806. The van der Waals surface area contributed by atoms with Gasteiger partial charge >= 0.3 is 0 Å². The second kappa shape index (κ2) is 34.8. The van der Waals surface area contributed by atoms with Crippen LogP contribution in [-0.4, -0.2) is 77.6 Å². The Morgan fingerprint density at radius 2 is 1.50 bits per heavy atom. The van der Waals surface area contributed by atoms with Crippen LogP contribution < -0.4 is 10.6 Å². The molecule has 1 aliphatic heterocycles. The summed E-state index contributed by atoms with van der Waals surface area (Å²) in [5.74, 6) is 0.110. The fourth-order valence-electron chi connectivity index (χ4n) is 4.17. The van der Waals surface area contributed by atoms with E-state index in [0.29, 0.717) is 6.47 Å². The zero-order chi connectivity index (χ0) is 34.9. The summed E-state index contributed by atoms with van der Waals surface area (Å²) in [6.07, 6.45) is 13.0. The largest absolute Gasteiger partial charge is 0.471 e. The van der Waals surface area contributed by atoms with Crippen molar-refractivity contribution in [1.29, 1.82) is 0 Å². The molecule has 0 aromatic carbocycles. The number of methoxy groups -OCH3 is 1. The molecule has 2 fully saturated rings. The average molecular weight is 644 g/mol. The van der Waals surface area contributed by atoms with Crippen molar-refractivity contribution < 1.29 is 23.9 Å². The van der Waals surface area contributed by atoms with Crippen molar-refractivity contribution in [2.45, 2.75) is 126 Å². The summed E-state index contributed by atoms with van der Waals surface area (Å²) in [5, 5.41) is 5.58. The minimum atomic E-state index is -0.668. The third-order valence-corrected chi connectivity index (χ3v) is 5.87. The first-order valence-electron chi connectivity index (χ1n) is 16.3. The van der Waals surface area contributed by atoms with Gasteiger partial charge in [-0.3, -0.25) is 24.2 Å². The van der Waals surface area contributed by atoms with Crippen LogP contribution in [0.25, 0.3) is 0 Å². The highest BCUT2D eigenvalue weighted by atomic mass is 32.1. The standard InChI is InChI=1S/C20H29N5O3.C4H10.C2H4O2.3C2H6.CH4S/c1-14-6-5-11-25(14)17(26)13-23-20(28)18(15-7-3-2-4-8-15)24-19(27)16-12-21-9-10-22-16;1-4(2)3;1-4-2-3;4*1-2/h9-10,12,14-15,18H,2-8,11,13H2,1H3,(H,23,28)(H,24,27);4H,1-3H3;2H,1H3;3*1-2H3;2H,1H3. The lowest BCUT2D eigenvalue weighted by Gasteiger charge is -2.30. The molecule has 2 N–H and O–H groups in total. The van der Waals surface area contributed by atoms with E-state index in [1.165, 1.54) is 25.7 Å². The second-order valence-corrected chi connectivity index (χ2v) is 9.80. The predicted molar refractivity (Wildman–Crippen MR) is 186 cm³/mol. The number of hydrogen-bond donors (Lipinski definition) is 3. The van der Waals surface area contributed by atoms with Gasteiger partial charge in [0.1, 0.15) is 11.7 Å². The summed E-state index contributed by atoms with van der Waals surface area (Å²) in [4.78, 5) is 56.5. The Morgan fingerprint density at radius 1 is 0.977 bits per heavy atom. The summed E-state index contributed by atoms with van der Waals surface area (Å²) in [6.45, 7) is 21.6. The molecule has 2 heterocycles. The van der Waals surface area contributed by atoms with Gasteiger partial charge in [0, 0.05) is 25.0 Å². The van der Waals surface area contributed by atoms with Crippen LogP contribution in [0.2, 0.25) is 0 Å². The lowest BCUT2D eigenvalue weighted by atomic mass is 9.83. The molecule has 2 unspecified atom stereocenters. The van der Waals surface area contributed by atoms with Crippen LogP contribution in [-0.2, 0) is 19.1 Å². The van der Waals surface area contributed by atoms with Gasteiger partial charge in [-0.2, -0.15) is 12.6 Å². The summed E-state index contributed by atoms with van der Waals surface area (Å²) in [6, 6.07) is -0.450. The SMILES string of the molecule is CC.CC.CC.CC(C)C.CC1CCCN1C(=O)CNC(=O)C(NC(=O)c1cnccn1)C1CCCCC1.COC=O.CS. The number of rotatable bonds is 7. The Hall–Kier alpha value is -2.69. The highest BCUT2D eigenvalue weighted by molar-refractivity contribution is 7.79. The number of carbonyl (C=O) groups excluding carboxylic acids is 4. The maximum absolute atomic E-state index is 12.9. The number of likely N-dealkylation sites (tertiary alicyclic amines) is 1. The molecular weight excluding hydrogens is 578 g/mol. The summed E-state index contributed by atoms with van der Waals surface area (Å²) in [5.41, 5.74) is 0.179. The fourth-order valence-corrected chi connectivity index (χ4v) is 4.17. The van der Waals surface area contributed by atoms with Gasteiger partial charge in [-0.1, -0.05) is 81.6 Å². The van der Waals surface area contributed by atoms with Gasteiger partial charge < -0.3 is 20.3 Å². The molecule has 0 spiro atoms. The molecule has 0 bridgehead atoms. The zero-order valence-electron chi connectivity index (χ0n) is 29.8. The predicted octanol–water partition coefficient (Wildman–Crippen LogP) is 6.36. The highest BCUT2D eigenvalue weighted by Crippen LogP contribution is 2.27. The average Bonchev–Trinajstić information content (AvgIpc) is 3.52.